The first-order chi connectivity index (χ1) is 9.79. The van der Waals surface area contributed by atoms with Gasteiger partial charge in [-0.15, -0.1) is 0 Å². The quantitative estimate of drug-likeness (QED) is 0.746. The van der Waals surface area contributed by atoms with Gasteiger partial charge in [-0.2, -0.15) is 0 Å². The number of hydrogen-bond acceptors (Lipinski definition) is 3. The Morgan fingerprint density at radius 1 is 1.29 bits per heavy atom. The van der Waals surface area contributed by atoms with Gasteiger partial charge in [0.15, 0.2) is 0 Å². The molecule has 2 amide bonds. The van der Waals surface area contributed by atoms with Crippen molar-refractivity contribution in [2.75, 3.05) is 6.54 Å². The molecule has 0 aliphatic rings. The third-order valence-corrected chi connectivity index (χ3v) is 3.18. The van der Waals surface area contributed by atoms with E-state index in [0.29, 0.717) is 13.0 Å². The maximum atomic E-state index is 11.8. The van der Waals surface area contributed by atoms with Crippen molar-refractivity contribution in [3.8, 4) is 0 Å². The molecule has 21 heavy (non-hydrogen) atoms. The maximum absolute atomic E-state index is 11.8. The van der Waals surface area contributed by atoms with Crippen LogP contribution >= 0.6 is 0 Å². The molecule has 1 aromatic heterocycles. The van der Waals surface area contributed by atoms with Crippen LogP contribution in [0.25, 0.3) is 0 Å². The van der Waals surface area contributed by atoms with Crippen LogP contribution in [0, 0.1) is 5.41 Å². The van der Waals surface area contributed by atoms with Crippen molar-refractivity contribution < 1.29 is 14.7 Å². The van der Waals surface area contributed by atoms with E-state index in [0.717, 1.165) is 5.56 Å². The van der Waals surface area contributed by atoms with E-state index in [4.69, 9.17) is 5.11 Å². The molecular formula is C15H23N3O3. The van der Waals surface area contributed by atoms with Crippen molar-refractivity contribution in [1.29, 1.82) is 0 Å². The molecule has 1 rings (SSSR count). The van der Waals surface area contributed by atoms with Gasteiger partial charge in [0.1, 0.15) is 0 Å². The second-order valence-electron chi connectivity index (χ2n) is 6.02. The first-order valence-electron chi connectivity index (χ1n) is 6.94. The van der Waals surface area contributed by atoms with E-state index in [-0.39, 0.29) is 17.9 Å². The molecule has 1 aromatic rings. The Hall–Kier alpha value is -2.11. The van der Waals surface area contributed by atoms with E-state index in [1.807, 2.05) is 32.9 Å². The van der Waals surface area contributed by atoms with Crippen molar-refractivity contribution in [2.45, 2.75) is 39.7 Å². The topological polar surface area (TPSA) is 91.3 Å². The van der Waals surface area contributed by atoms with E-state index >= 15 is 0 Å². The SMILES string of the molecule is CC(C)(C)C(CC(=O)O)NC(=O)NCCc1ccncc1. The van der Waals surface area contributed by atoms with Crippen LogP contribution in [0.5, 0.6) is 0 Å². The lowest BCUT2D eigenvalue weighted by molar-refractivity contribution is -0.138. The number of carboxylic acid groups (broad SMARTS) is 1. The summed E-state index contributed by atoms with van der Waals surface area (Å²) in [5, 5.41) is 14.4. The predicted octanol–water partition coefficient (Wildman–Crippen LogP) is 1.81. The zero-order valence-electron chi connectivity index (χ0n) is 12.7. The lowest BCUT2D eigenvalue weighted by atomic mass is 9.85. The summed E-state index contributed by atoms with van der Waals surface area (Å²) in [7, 11) is 0. The van der Waals surface area contributed by atoms with Crippen molar-refractivity contribution in [2.24, 2.45) is 5.41 Å². The van der Waals surface area contributed by atoms with Crippen LogP contribution in [0.15, 0.2) is 24.5 Å². The summed E-state index contributed by atoms with van der Waals surface area (Å²) in [6.07, 6.45) is 4.02. The van der Waals surface area contributed by atoms with Gasteiger partial charge in [0.2, 0.25) is 0 Å². The molecule has 0 saturated carbocycles. The summed E-state index contributed by atoms with van der Waals surface area (Å²) in [4.78, 5) is 26.6. The highest BCUT2D eigenvalue weighted by Crippen LogP contribution is 2.21. The number of carboxylic acids is 1. The summed E-state index contributed by atoms with van der Waals surface area (Å²) >= 11 is 0. The minimum Gasteiger partial charge on any atom is -0.481 e. The smallest absolute Gasteiger partial charge is 0.315 e. The van der Waals surface area contributed by atoms with Crippen LogP contribution in [0.4, 0.5) is 4.79 Å². The third-order valence-electron chi connectivity index (χ3n) is 3.18. The van der Waals surface area contributed by atoms with E-state index in [9.17, 15) is 9.59 Å². The number of hydrogen-bond donors (Lipinski definition) is 3. The van der Waals surface area contributed by atoms with Gasteiger partial charge < -0.3 is 15.7 Å². The minimum absolute atomic E-state index is 0.0960. The number of pyridine rings is 1. The summed E-state index contributed by atoms with van der Waals surface area (Å²) in [6.45, 7) is 6.19. The highest BCUT2D eigenvalue weighted by atomic mass is 16.4. The van der Waals surface area contributed by atoms with Crippen LogP contribution in [0.3, 0.4) is 0 Å². The van der Waals surface area contributed by atoms with E-state index in [2.05, 4.69) is 15.6 Å². The van der Waals surface area contributed by atoms with Crippen molar-refractivity contribution in [1.82, 2.24) is 15.6 Å². The molecule has 1 atom stereocenters. The number of nitrogens with one attached hydrogen (secondary N) is 2. The normalized spacial score (nSPS) is 12.5. The van der Waals surface area contributed by atoms with Crippen LogP contribution < -0.4 is 10.6 Å². The van der Waals surface area contributed by atoms with Crippen LogP contribution in [-0.2, 0) is 11.2 Å². The van der Waals surface area contributed by atoms with Crippen molar-refractivity contribution in [3.63, 3.8) is 0 Å². The average Bonchev–Trinajstić information content (AvgIpc) is 2.37. The molecule has 0 bridgehead atoms. The Kier molecular flexibility index (Phi) is 6.14. The molecule has 0 radical (unpaired) electrons. The van der Waals surface area contributed by atoms with E-state index < -0.39 is 12.0 Å². The standard InChI is InChI=1S/C15H23N3O3/c1-15(2,3)12(10-13(19)20)18-14(21)17-9-6-11-4-7-16-8-5-11/h4-5,7-8,12H,6,9-10H2,1-3H3,(H,19,20)(H2,17,18,21). The number of carbonyl (C=O) groups excluding carboxylic acids is 1. The summed E-state index contributed by atoms with van der Waals surface area (Å²) in [5.74, 6) is -0.924. The lowest BCUT2D eigenvalue weighted by Crippen LogP contribution is -2.49. The fourth-order valence-electron chi connectivity index (χ4n) is 1.83. The van der Waals surface area contributed by atoms with Gasteiger partial charge in [-0.25, -0.2) is 4.79 Å². The van der Waals surface area contributed by atoms with Crippen LogP contribution in [-0.4, -0.2) is 34.7 Å². The summed E-state index contributed by atoms with van der Waals surface area (Å²) < 4.78 is 0. The highest BCUT2D eigenvalue weighted by molar-refractivity contribution is 5.75. The molecule has 0 aliphatic heterocycles. The van der Waals surface area contributed by atoms with E-state index in [1.54, 1.807) is 12.4 Å². The van der Waals surface area contributed by atoms with Gasteiger partial charge in [0.25, 0.3) is 0 Å². The van der Waals surface area contributed by atoms with Crippen molar-refractivity contribution >= 4 is 12.0 Å². The highest BCUT2D eigenvalue weighted by Gasteiger charge is 2.28. The summed E-state index contributed by atoms with van der Waals surface area (Å²) in [5.41, 5.74) is 0.768. The Labute approximate surface area is 125 Å². The third kappa shape index (κ3) is 6.74. The summed E-state index contributed by atoms with van der Waals surface area (Å²) in [6, 6.07) is 3.02. The van der Waals surface area contributed by atoms with Gasteiger partial charge in [0.05, 0.1) is 6.42 Å². The van der Waals surface area contributed by atoms with Crippen LogP contribution in [0.2, 0.25) is 0 Å². The van der Waals surface area contributed by atoms with Gasteiger partial charge in [-0.3, -0.25) is 9.78 Å². The zero-order chi connectivity index (χ0) is 15.9. The molecule has 3 N–H and O–H groups in total. The number of nitrogens with zero attached hydrogens (tertiary/aromatic N) is 1. The Bertz CT molecular complexity index is 469. The molecule has 1 heterocycles. The number of aliphatic carboxylic acids is 1. The Balaban J connectivity index is 2.42. The molecule has 116 valence electrons. The average molecular weight is 293 g/mol. The minimum atomic E-state index is -0.924. The lowest BCUT2D eigenvalue weighted by Gasteiger charge is -2.30. The van der Waals surface area contributed by atoms with Crippen molar-refractivity contribution in [3.05, 3.63) is 30.1 Å². The molecule has 0 fully saturated rings. The second-order valence-corrected chi connectivity index (χ2v) is 6.02. The first kappa shape index (κ1) is 16.9. The van der Waals surface area contributed by atoms with Gasteiger partial charge >= 0.3 is 12.0 Å². The molecule has 0 saturated heterocycles. The van der Waals surface area contributed by atoms with Gasteiger partial charge in [0, 0.05) is 25.0 Å². The molecule has 1 unspecified atom stereocenters. The number of carbonyl (C=O) groups is 2. The largest absolute Gasteiger partial charge is 0.481 e. The zero-order valence-corrected chi connectivity index (χ0v) is 12.7. The number of urea groups is 1. The fraction of sp³-hybridized carbons (Fsp3) is 0.533. The Morgan fingerprint density at radius 3 is 2.43 bits per heavy atom. The maximum Gasteiger partial charge on any atom is 0.315 e. The molecule has 6 nitrogen and oxygen atoms in total. The molecule has 6 heteroatoms. The monoisotopic (exact) mass is 293 g/mol. The van der Waals surface area contributed by atoms with E-state index in [1.165, 1.54) is 0 Å². The van der Waals surface area contributed by atoms with Crippen LogP contribution in [0.1, 0.15) is 32.8 Å². The molecule has 0 aromatic carbocycles. The molecule has 0 spiro atoms. The Morgan fingerprint density at radius 2 is 1.90 bits per heavy atom. The van der Waals surface area contributed by atoms with Gasteiger partial charge in [-0.05, 0) is 29.5 Å². The number of amides is 2. The first-order valence-corrected chi connectivity index (χ1v) is 6.94. The number of aromatic nitrogens is 1. The van der Waals surface area contributed by atoms with Gasteiger partial charge in [-0.1, -0.05) is 20.8 Å². The predicted molar refractivity (Wildman–Crippen MR) is 80.0 cm³/mol. The number of rotatable bonds is 6. The fourth-order valence-corrected chi connectivity index (χ4v) is 1.83. The second kappa shape index (κ2) is 7.61. The molecular weight excluding hydrogens is 270 g/mol. The molecule has 0 aliphatic carbocycles.